The summed E-state index contributed by atoms with van der Waals surface area (Å²) in [6.07, 6.45) is 2.99. The minimum Gasteiger partial charge on any atom is -0.493 e. The van der Waals surface area contributed by atoms with Gasteiger partial charge in [0.25, 0.3) is 0 Å². The number of benzene rings is 2. The zero-order valence-electron chi connectivity index (χ0n) is 20.5. The molecule has 1 aliphatic heterocycles. The minimum absolute atomic E-state index is 0.244. The number of methoxy groups -OCH3 is 1. The van der Waals surface area contributed by atoms with E-state index in [1.165, 1.54) is 0 Å². The number of para-hydroxylation sites is 1. The fourth-order valence-corrected chi connectivity index (χ4v) is 5.73. The Hall–Kier alpha value is -3.28. The average molecular weight is 491 g/mol. The number of hydrogen-bond donors (Lipinski definition) is 2. The van der Waals surface area contributed by atoms with Crippen molar-refractivity contribution in [2.24, 2.45) is 0 Å². The molecule has 1 saturated heterocycles. The summed E-state index contributed by atoms with van der Waals surface area (Å²) in [5.74, 6) is 1.50. The van der Waals surface area contributed by atoms with Crippen LogP contribution in [0.4, 0.5) is 11.4 Å². The van der Waals surface area contributed by atoms with Crippen LogP contribution in [-0.4, -0.2) is 61.5 Å². The van der Waals surface area contributed by atoms with Gasteiger partial charge in [0.1, 0.15) is 24.6 Å². The lowest BCUT2D eigenvalue weighted by Crippen LogP contribution is -2.21. The molecule has 7 nitrogen and oxygen atoms in total. The molecule has 2 N–H and O–H groups in total. The highest BCUT2D eigenvalue weighted by Gasteiger charge is 2.21. The standard InChI is InChI=1S/C27H31N4O3P/c1-31-14-13-20(17-31)34-19-11-9-18(10-12-19)23-15-21-26(24(33-2)16-28-27(21)30-23)29-22-7-5-6-8-25(22)35(3,4)32/h5-12,15-16,20H,13-14,17H2,1-4H3,(H2,28,29,30). The molecule has 0 saturated carbocycles. The first-order chi connectivity index (χ1) is 16.8. The Kier molecular flexibility index (Phi) is 6.30. The number of fused-ring (bicyclic) bond motifs is 1. The Balaban J connectivity index is 1.47. The second-order valence-corrected chi connectivity index (χ2v) is 12.6. The predicted molar refractivity (Wildman–Crippen MR) is 143 cm³/mol. The number of anilines is 2. The van der Waals surface area contributed by atoms with Crippen LogP contribution in [0.25, 0.3) is 22.3 Å². The molecule has 4 aromatic rings. The van der Waals surface area contributed by atoms with Crippen molar-refractivity contribution in [1.29, 1.82) is 0 Å². The predicted octanol–water partition coefficient (Wildman–Crippen LogP) is 5.31. The van der Waals surface area contributed by atoms with Crippen molar-refractivity contribution in [2.45, 2.75) is 12.5 Å². The van der Waals surface area contributed by atoms with Crippen LogP contribution in [0.1, 0.15) is 6.42 Å². The van der Waals surface area contributed by atoms with Gasteiger partial charge < -0.3 is 29.2 Å². The fourth-order valence-electron chi connectivity index (χ4n) is 4.58. The van der Waals surface area contributed by atoms with Crippen molar-refractivity contribution in [3.8, 4) is 22.8 Å². The molecule has 0 radical (unpaired) electrons. The number of nitrogens with zero attached hydrogens (tertiary/aromatic N) is 2. The Morgan fingerprint density at radius 3 is 2.60 bits per heavy atom. The van der Waals surface area contributed by atoms with E-state index >= 15 is 0 Å². The third-order valence-corrected chi connectivity index (χ3v) is 7.95. The third-order valence-electron chi connectivity index (χ3n) is 6.40. The van der Waals surface area contributed by atoms with Crippen molar-refractivity contribution in [2.75, 3.05) is 45.9 Å². The van der Waals surface area contributed by atoms with Gasteiger partial charge >= 0.3 is 0 Å². The maximum atomic E-state index is 12.9. The van der Waals surface area contributed by atoms with E-state index in [0.717, 1.165) is 64.2 Å². The summed E-state index contributed by atoms with van der Waals surface area (Å²) in [5, 5.41) is 5.17. The summed E-state index contributed by atoms with van der Waals surface area (Å²) in [4.78, 5) is 10.3. The topological polar surface area (TPSA) is 79.5 Å². The molecule has 1 fully saturated rings. The normalized spacial score (nSPS) is 16.5. The van der Waals surface area contributed by atoms with E-state index in [9.17, 15) is 4.57 Å². The quantitative estimate of drug-likeness (QED) is 0.342. The number of hydrogen-bond acceptors (Lipinski definition) is 6. The van der Waals surface area contributed by atoms with Crippen LogP contribution in [0, 0.1) is 0 Å². The summed E-state index contributed by atoms with van der Waals surface area (Å²) in [7, 11) is 1.27. The van der Waals surface area contributed by atoms with Gasteiger partial charge in [0, 0.05) is 35.2 Å². The van der Waals surface area contributed by atoms with Gasteiger partial charge in [0.2, 0.25) is 0 Å². The molecule has 5 rings (SSSR count). The smallest absolute Gasteiger partial charge is 0.161 e. The van der Waals surface area contributed by atoms with E-state index in [2.05, 4.69) is 45.4 Å². The summed E-state index contributed by atoms with van der Waals surface area (Å²) >= 11 is 0. The lowest BCUT2D eigenvalue weighted by atomic mass is 10.1. The average Bonchev–Trinajstić information content (AvgIpc) is 3.45. The molecule has 2 aromatic heterocycles. The van der Waals surface area contributed by atoms with Crippen molar-refractivity contribution in [3.63, 3.8) is 0 Å². The lowest BCUT2D eigenvalue weighted by Gasteiger charge is -2.17. The molecule has 0 spiro atoms. The first kappa shape index (κ1) is 23.5. The summed E-state index contributed by atoms with van der Waals surface area (Å²) in [6.45, 7) is 5.59. The van der Waals surface area contributed by atoms with E-state index in [1.54, 1.807) is 26.6 Å². The van der Waals surface area contributed by atoms with Gasteiger partial charge in [-0.25, -0.2) is 4.98 Å². The Morgan fingerprint density at radius 2 is 1.91 bits per heavy atom. The van der Waals surface area contributed by atoms with Gasteiger partial charge in [-0.2, -0.15) is 0 Å². The molecule has 1 unspecified atom stereocenters. The van der Waals surface area contributed by atoms with Crippen molar-refractivity contribution >= 4 is 34.9 Å². The molecule has 3 heterocycles. The highest BCUT2D eigenvalue weighted by atomic mass is 31.2. The molecule has 182 valence electrons. The van der Waals surface area contributed by atoms with Crippen LogP contribution >= 0.6 is 7.14 Å². The van der Waals surface area contributed by atoms with E-state index in [0.29, 0.717) is 5.75 Å². The SMILES string of the molecule is COc1cnc2[nH]c(-c3ccc(OC4CCN(C)C4)cc3)cc2c1Nc1ccccc1P(C)(C)=O. The highest BCUT2D eigenvalue weighted by Crippen LogP contribution is 2.41. The second-order valence-electron chi connectivity index (χ2n) is 9.46. The number of likely N-dealkylation sites (tertiary alicyclic amines) is 1. The summed E-state index contributed by atoms with van der Waals surface area (Å²) < 4.78 is 24.6. The maximum absolute atomic E-state index is 12.9. The number of nitrogens with one attached hydrogen (secondary N) is 2. The highest BCUT2D eigenvalue weighted by molar-refractivity contribution is 7.70. The van der Waals surface area contributed by atoms with Crippen LogP contribution in [0.2, 0.25) is 0 Å². The zero-order valence-corrected chi connectivity index (χ0v) is 21.4. The third kappa shape index (κ3) is 4.93. The molecule has 8 heteroatoms. The number of ether oxygens (including phenoxy) is 2. The van der Waals surface area contributed by atoms with Crippen LogP contribution in [-0.2, 0) is 4.57 Å². The van der Waals surface area contributed by atoms with Crippen LogP contribution in [0.3, 0.4) is 0 Å². The molecule has 0 aliphatic carbocycles. The van der Waals surface area contributed by atoms with Crippen LogP contribution in [0.15, 0.2) is 60.8 Å². The molecule has 0 amide bonds. The molecule has 1 atom stereocenters. The number of rotatable bonds is 7. The van der Waals surface area contributed by atoms with Gasteiger partial charge in [0.15, 0.2) is 5.75 Å². The Labute approximate surface area is 205 Å². The summed E-state index contributed by atoms with van der Waals surface area (Å²) in [5.41, 5.74) is 4.31. The molecule has 35 heavy (non-hydrogen) atoms. The van der Waals surface area contributed by atoms with E-state index in [4.69, 9.17) is 9.47 Å². The lowest BCUT2D eigenvalue weighted by molar-refractivity contribution is 0.208. The first-order valence-corrected chi connectivity index (χ1v) is 14.3. The number of pyridine rings is 1. The van der Waals surface area contributed by atoms with E-state index in [-0.39, 0.29) is 6.10 Å². The molecular weight excluding hydrogens is 459 g/mol. The molecule has 1 aliphatic rings. The number of aromatic nitrogens is 2. The monoisotopic (exact) mass is 490 g/mol. The van der Waals surface area contributed by atoms with Crippen LogP contribution < -0.4 is 20.1 Å². The zero-order chi connectivity index (χ0) is 24.6. The summed E-state index contributed by atoms with van der Waals surface area (Å²) in [6, 6.07) is 17.9. The first-order valence-electron chi connectivity index (χ1n) is 11.7. The van der Waals surface area contributed by atoms with Crippen molar-refractivity contribution in [1.82, 2.24) is 14.9 Å². The molecule has 2 aromatic carbocycles. The van der Waals surface area contributed by atoms with Gasteiger partial charge in [-0.3, -0.25) is 0 Å². The van der Waals surface area contributed by atoms with E-state index in [1.807, 2.05) is 36.4 Å². The van der Waals surface area contributed by atoms with Gasteiger partial charge in [0.05, 0.1) is 19.0 Å². The van der Waals surface area contributed by atoms with E-state index < -0.39 is 7.14 Å². The number of likely N-dealkylation sites (N-methyl/N-ethyl adjacent to an activating group) is 1. The van der Waals surface area contributed by atoms with Gasteiger partial charge in [-0.15, -0.1) is 0 Å². The maximum Gasteiger partial charge on any atom is 0.161 e. The van der Waals surface area contributed by atoms with Gasteiger partial charge in [-0.05, 0) is 74.8 Å². The number of H-pyrrole nitrogens is 1. The number of aromatic amines is 1. The Bertz CT molecular complexity index is 1390. The second kappa shape index (κ2) is 9.40. The van der Waals surface area contributed by atoms with Crippen molar-refractivity contribution < 1.29 is 14.0 Å². The fraction of sp³-hybridized carbons (Fsp3) is 0.296. The largest absolute Gasteiger partial charge is 0.493 e. The Morgan fingerprint density at radius 1 is 1.14 bits per heavy atom. The minimum atomic E-state index is -2.48. The van der Waals surface area contributed by atoms with Crippen molar-refractivity contribution in [3.05, 3.63) is 60.8 Å². The molecule has 0 bridgehead atoms. The van der Waals surface area contributed by atoms with Crippen LogP contribution in [0.5, 0.6) is 11.5 Å². The molecular formula is C27H31N4O3P. The van der Waals surface area contributed by atoms with Gasteiger partial charge in [-0.1, -0.05) is 12.1 Å².